The van der Waals surface area contributed by atoms with Gasteiger partial charge in [-0.05, 0) is 30.7 Å². The molecule has 1 heterocycles. The van der Waals surface area contributed by atoms with Gasteiger partial charge in [0.15, 0.2) is 6.61 Å². The van der Waals surface area contributed by atoms with Gasteiger partial charge in [-0.15, -0.1) is 11.3 Å². The van der Waals surface area contributed by atoms with Crippen molar-refractivity contribution in [3.05, 3.63) is 62.4 Å². The fourth-order valence-corrected chi connectivity index (χ4v) is 4.27. The van der Waals surface area contributed by atoms with Crippen molar-refractivity contribution < 1.29 is 19.1 Å². The molecule has 9 heteroatoms. The van der Waals surface area contributed by atoms with E-state index in [9.17, 15) is 14.4 Å². The summed E-state index contributed by atoms with van der Waals surface area (Å²) < 4.78 is 6.63. The molecule has 3 aromatic rings. The van der Waals surface area contributed by atoms with E-state index in [0.29, 0.717) is 15.6 Å². The van der Waals surface area contributed by atoms with E-state index in [-0.39, 0.29) is 6.54 Å². The van der Waals surface area contributed by atoms with E-state index in [1.54, 1.807) is 12.1 Å². The molecule has 0 aliphatic heterocycles. The lowest BCUT2D eigenvalue weighted by molar-refractivity contribution is -0.146. The van der Waals surface area contributed by atoms with Crippen LogP contribution < -0.4 is 10.6 Å². The van der Waals surface area contributed by atoms with Crippen molar-refractivity contribution >= 4 is 72.4 Å². The van der Waals surface area contributed by atoms with E-state index in [2.05, 4.69) is 26.6 Å². The maximum Gasteiger partial charge on any atom is 0.325 e. The van der Waals surface area contributed by atoms with Crippen molar-refractivity contribution in [1.29, 1.82) is 0 Å². The van der Waals surface area contributed by atoms with Crippen molar-refractivity contribution in [3.8, 4) is 0 Å². The number of nitrogens with one attached hydrogen (secondary N) is 2. The molecule has 2 amide bonds. The van der Waals surface area contributed by atoms with Gasteiger partial charge in [0.2, 0.25) is 0 Å². The van der Waals surface area contributed by atoms with Gasteiger partial charge >= 0.3 is 5.97 Å². The number of anilines is 1. The zero-order valence-corrected chi connectivity index (χ0v) is 18.4. The molecule has 1 aromatic heterocycles. The number of carbonyl (C=O) groups is 3. The summed E-state index contributed by atoms with van der Waals surface area (Å²) in [6.07, 6.45) is 0. The zero-order chi connectivity index (χ0) is 21.0. The molecule has 0 saturated heterocycles. The van der Waals surface area contributed by atoms with Crippen LogP contribution in [0.1, 0.15) is 15.2 Å². The Morgan fingerprint density at radius 1 is 1.17 bits per heavy atom. The van der Waals surface area contributed by atoms with E-state index in [1.807, 2.05) is 37.3 Å². The topological polar surface area (TPSA) is 84.5 Å². The smallest absolute Gasteiger partial charge is 0.325 e. The Hall–Kier alpha value is -2.42. The third kappa shape index (κ3) is 5.35. The molecule has 0 bridgehead atoms. The molecule has 0 aliphatic carbocycles. The number of hydrogen-bond acceptors (Lipinski definition) is 5. The van der Waals surface area contributed by atoms with E-state index in [4.69, 9.17) is 16.3 Å². The standard InChI is InChI=1S/C20H16BrClN2O4S/c1-11-6-7-12(8-14(11)21)24-16(25)10-28-17(26)9-23-20(27)19-18(22)13-4-2-3-5-15(13)29-19/h2-8H,9-10H2,1H3,(H,23,27)(H,24,25). The van der Waals surface area contributed by atoms with Gasteiger partial charge in [-0.3, -0.25) is 14.4 Å². The summed E-state index contributed by atoms with van der Waals surface area (Å²) in [6.45, 7) is 1.11. The van der Waals surface area contributed by atoms with Crippen LogP contribution in [-0.4, -0.2) is 30.9 Å². The van der Waals surface area contributed by atoms with Crippen molar-refractivity contribution in [2.24, 2.45) is 0 Å². The number of carbonyl (C=O) groups excluding carboxylic acids is 3. The Morgan fingerprint density at radius 2 is 1.93 bits per heavy atom. The number of rotatable bonds is 6. The highest BCUT2D eigenvalue weighted by Gasteiger charge is 2.18. The van der Waals surface area contributed by atoms with Crippen LogP contribution >= 0.6 is 38.9 Å². The van der Waals surface area contributed by atoms with Crippen LogP contribution in [0.3, 0.4) is 0 Å². The maximum atomic E-state index is 12.3. The monoisotopic (exact) mass is 494 g/mol. The second-order valence-corrected chi connectivity index (χ2v) is 8.38. The normalized spacial score (nSPS) is 10.6. The number of thiophene rings is 1. The van der Waals surface area contributed by atoms with Gasteiger partial charge in [0, 0.05) is 20.2 Å². The lowest BCUT2D eigenvalue weighted by Gasteiger charge is -2.08. The third-order valence-electron chi connectivity index (χ3n) is 3.95. The molecule has 0 radical (unpaired) electrons. The average molecular weight is 496 g/mol. The Balaban J connectivity index is 1.47. The summed E-state index contributed by atoms with van der Waals surface area (Å²) in [4.78, 5) is 36.4. The lowest BCUT2D eigenvalue weighted by atomic mass is 10.2. The van der Waals surface area contributed by atoms with E-state index >= 15 is 0 Å². The molecule has 150 valence electrons. The molecular weight excluding hydrogens is 480 g/mol. The van der Waals surface area contributed by atoms with Gasteiger partial charge in [-0.25, -0.2) is 0 Å². The summed E-state index contributed by atoms with van der Waals surface area (Å²) >= 11 is 10.9. The Bertz CT molecular complexity index is 1100. The number of halogens is 2. The quantitative estimate of drug-likeness (QED) is 0.492. The summed E-state index contributed by atoms with van der Waals surface area (Å²) in [5.74, 6) is -1.68. The van der Waals surface area contributed by atoms with Crippen LogP contribution in [0.2, 0.25) is 5.02 Å². The van der Waals surface area contributed by atoms with Crippen LogP contribution in [0.4, 0.5) is 5.69 Å². The summed E-state index contributed by atoms with van der Waals surface area (Å²) in [5, 5.41) is 6.22. The molecule has 29 heavy (non-hydrogen) atoms. The number of ether oxygens (including phenoxy) is 1. The van der Waals surface area contributed by atoms with Crippen molar-refractivity contribution in [3.63, 3.8) is 0 Å². The minimum absolute atomic E-state index is 0.323. The maximum absolute atomic E-state index is 12.3. The van der Waals surface area contributed by atoms with Gasteiger partial charge in [0.25, 0.3) is 11.8 Å². The summed E-state index contributed by atoms with van der Waals surface area (Å²) in [5.41, 5.74) is 1.61. The van der Waals surface area contributed by atoms with Gasteiger partial charge < -0.3 is 15.4 Å². The number of aryl methyl sites for hydroxylation is 1. The fourth-order valence-electron chi connectivity index (χ4n) is 2.46. The van der Waals surface area contributed by atoms with E-state index in [0.717, 1.165) is 20.1 Å². The van der Waals surface area contributed by atoms with Crippen molar-refractivity contribution in [2.75, 3.05) is 18.5 Å². The van der Waals surface area contributed by atoms with Gasteiger partial charge in [0.1, 0.15) is 11.4 Å². The van der Waals surface area contributed by atoms with Crippen LogP contribution in [-0.2, 0) is 14.3 Å². The highest BCUT2D eigenvalue weighted by Crippen LogP contribution is 2.34. The number of esters is 1. The molecule has 0 atom stereocenters. The van der Waals surface area contributed by atoms with Crippen LogP contribution in [0, 0.1) is 6.92 Å². The molecule has 6 nitrogen and oxygen atoms in total. The number of benzene rings is 2. The molecular formula is C20H16BrClN2O4S. The molecule has 0 fully saturated rings. The summed E-state index contributed by atoms with van der Waals surface area (Å²) in [7, 11) is 0. The molecule has 3 rings (SSSR count). The predicted molar refractivity (Wildman–Crippen MR) is 118 cm³/mol. The first-order valence-corrected chi connectivity index (χ1v) is 10.5. The third-order valence-corrected chi connectivity index (χ3v) is 6.48. The first kappa shape index (κ1) is 21.3. The molecule has 0 unspecified atom stereocenters. The Morgan fingerprint density at radius 3 is 2.66 bits per heavy atom. The molecule has 2 aromatic carbocycles. The first-order valence-electron chi connectivity index (χ1n) is 8.52. The Kier molecular flexibility index (Phi) is 6.89. The highest BCUT2D eigenvalue weighted by atomic mass is 79.9. The number of hydrogen-bond donors (Lipinski definition) is 2. The minimum Gasteiger partial charge on any atom is -0.454 e. The highest BCUT2D eigenvalue weighted by molar-refractivity contribution is 9.10. The predicted octanol–water partition coefficient (Wildman–Crippen LogP) is 4.54. The van der Waals surface area contributed by atoms with Gasteiger partial charge in [-0.1, -0.05) is 51.8 Å². The van der Waals surface area contributed by atoms with Crippen molar-refractivity contribution in [2.45, 2.75) is 6.92 Å². The zero-order valence-electron chi connectivity index (χ0n) is 15.3. The number of amides is 2. The molecule has 0 aliphatic rings. The van der Waals surface area contributed by atoms with Crippen LogP contribution in [0.15, 0.2) is 46.9 Å². The lowest BCUT2D eigenvalue weighted by Crippen LogP contribution is -2.32. The minimum atomic E-state index is -0.726. The van der Waals surface area contributed by atoms with E-state index < -0.39 is 24.4 Å². The van der Waals surface area contributed by atoms with E-state index in [1.165, 1.54) is 11.3 Å². The average Bonchev–Trinajstić information content (AvgIpc) is 3.04. The van der Waals surface area contributed by atoms with Crippen molar-refractivity contribution in [1.82, 2.24) is 5.32 Å². The second kappa shape index (κ2) is 9.39. The molecule has 0 saturated carbocycles. The number of fused-ring (bicyclic) bond motifs is 1. The van der Waals surface area contributed by atoms with Gasteiger partial charge in [0.05, 0.1) is 5.02 Å². The molecule has 2 N–H and O–H groups in total. The fraction of sp³-hybridized carbons (Fsp3) is 0.150. The molecule has 0 spiro atoms. The summed E-state index contributed by atoms with van der Waals surface area (Å²) in [6, 6.07) is 12.7. The van der Waals surface area contributed by atoms with Crippen LogP contribution in [0.5, 0.6) is 0 Å². The first-order chi connectivity index (χ1) is 13.8. The SMILES string of the molecule is Cc1ccc(NC(=O)COC(=O)CNC(=O)c2sc3ccccc3c2Cl)cc1Br. The Labute approximate surface area is 184 Å². The largest absolute Gasteiger partial charge is 0.454 e. The van der Waals surface area contributed by atoms with Crippen LogP contribution in [0.25, 0.3) is 10.1 Å². The second-order valence-electron chi connectivity index (χ2n) is 6.10. The van der Waals surface area contributed by atoms with Gasteiger partial charge in [-0.2, -0.15) is 0 Å².